The average molecular weight is 398 g/mol. The molecule has 2 aromatic rings. The fourth-order valence-electron chi connectivity index (χ4n) is 2.92. The molecular formula is C22H31N5O2. The van der Waals surface area contributed by atoms with Crippen LogP contribution in [0.2, 0.25) is 0 Å². The number of pyridine rings is 1. The molecule has 0 bridgehead atoms. The van der Waals surface area contributed by atoms with Gasteiger partial charge in [-0.25, -0.2) is 4.98 Å². The summed E-state index contributed by atoms with van der Waals surface area (Å²) in [4.78, 5) is 29.5. The van der Waals surface area contributed by atoms with E-state index >= 15 is 0 Å². The van der Waals surface area contributed by atoms with Crippen LogP contribution in [-0.2, 0) is 22.6 Å². The van der Waals surface area contributed by atoms with E-state index in [1.54, 1.807) is 18.3 Å². The molecule has 7 heteroatoms. The van der Waals surface area contributed by atoms with Crippen LogP contribution >= 0.6 is 0 Å². The van der Waals surface area contributed by atoms with Crippen molar-refractivity contribution in [1.29, 1.82) is 0 Å². The second-order valence-electron chi connectivity index (χ2n) is 7.47. The van der Waals surface area contributed by atoms with Crippen molar-refractivity contribution in [2.75, 3.05) is 5.73 Å². The van der Waals surface area contributed by atoms with E-state index in [0.29, 0.717) is 18.8 Å². The highest BCUT2D eigenvalue weighted by Crippen LogP contribution is 2.10. The van der Waals surface area contributed by atoms with Gasteiger partial charge in [-0.15, -0.1) is 0 Å². The van der Waals surface area contributed by atoms with Gasteiger partial charge in [0.1, 0.15) is 11.9 Å². The quantitative estimate of drug-likeness (QED) is 0.513. The van der Waals surface area contributed by atoms with Crippen molar-refractivity contribution in [2.45, 2.75) is 52.2 Å². The summed E-state index contributed by atoms with van der Waals surface area (Å²) in [7, 11) is 0. The number of carbonyl (C=O) groups excluding carboxylic acids is 2. The summed E-state index contributed by atoms with van der Waals surface area (Å²) in [6, 6.07) is 9.98. The Labute approximate surface area is 172 Å². The minimum atomic E-state index is -0.721. The minimum Gasteiger partial charge on any atom is -0.384 e. The van der Waals surface area contributed by atoms with Gasteiger partial charge in [-0.2, -0.15) is 0 Å². The van der Waals surface area contributed by atoms with Gasteiger partial charge in [0.2, 0.25) is 11.8 Å². The van der Waals surface area contributed by atoms with Gasteiger partial charge in [0, 0.05) is 19.2 Å². The molecule has 1 unspecified atom stereocenters. The summed E-state index contributed by atoms with van der Waals surface area (Å²) >= 11 is 0. The number of aromatic nitrogens is 1. The number of benzene rings is 1. The fourth-order valence-corrected chi connectivity index (χ4v) is 2.92. The van der Waals surface area contributed by atoms with Crippen LogP contribution in [0.4, 0.5) is 5.82 Å². The van der Waals surface area contributed by atoms with Crippen LogP contribution in [-0.4, -0.2) is 28.9 Å². The Kier molecular flexibility index (Phi) is 8.15. The van der Waals surface area contributed by atoms with E-state index in [1.165, 1.54) is 0 Å². The van der Waals surface area contributed by atoms with Gasteiger partial charge in [0.25, 0.3) is 0 Å². The molecule has 0 fully saturated rings. The van der Waals surface area contributed by atoms with Crippen LogP contribution in [0, 0.1) is 12.8 Å². The summed E-state index contributed by atoms with van der Waals surface area (Å²) in [5.41, 5.74) is 14.5. The molecule has 1 aromatic carbocycles. The van der Waals surface area contributed by atoms with E-state index in [-0.39, 0.29) is 17.7 Å². The van der Waals surface area contributed by atoms with Crippen molar-refractivity contribution >= 4 is 17.6 Å². The predicted octanol–water partition coefficient (Wildman–Crippen LogP) is 1.69. The molecule has 0 aliphatic heterocycles. The third-order valence-electron chi connectivity index (χ3n) is 5.03. The van der Waals surface area contributed by atoms with Crippen LogP contribution in [0.3, 0.4) is 0 Å². The van der Waals surface area contributed by atoms with Crippen molar-refractivity contribution in [3.8, 4) is 0 Å². The fraction of sp³-hybridized carbons (Fsp3) is 0.409. The number of anilines is 1. The van der Waals surface area contributed by atoms with E-state index < -0.39 is 12.1 Å². The number of nitrogens with zero attached hydrogens (tertiary/aromatic N) is 1. The zero-order valence-corrected chi connectivity index (χ0v) is 17.3. The summed E-state index contributed by atoms with van der Waals surface area (Å²) in [5, 5.41) is 5.70. The predicted molar refractivity (Wildman–Crippen MR) is 115 cm³/mol. The van der Waals surface area contributed by atoms with Crippen LogP contribution in [0.15, 0.2) is 42.6 Å². The molecule has 2 amide bonds. The highest BCUT2D eigenvalue weighted by molar-refractivity contribution is 5.90. The Morgan fingerprint density at radius 1 is 1.14 bits per heavy atom. The molecule has 0 aliphatic carbocycles. The number of nitrogen functional groups attached to an aromatic ring is 1. The van der Waals surface area contributed by atoms with Crippen molar-refractivity contribution in [3.05, 3.63) is 59.3 Å². The molecule has 0 saturated carbocycles. The van der Waals surface area contributed by atoms with Crippen molar-refractivity contribution < 1.29 is 9.59 Å². The Morgan fingerprint density at radius 2 is 1.90 bits per heavy atom. The molecule has 0 saturated heterocycles. The molecule has 6 N–H and O–H groups in total. The first-order valence-corrected chi connectivity index (χ1v) is 9.89. The lowest BCUT2D eigenvalue weighted by Gasteiger charge is -2.23. The molecule has 1 aromatic heterocycles. The minimum absolute atomic E-state index is 0.0264. The van der Waals surface area contributed by atoms with E-state index in [9.17, 15) is 9.59 Å². The first-order chi connectivity index (χ1) is 13.8. The maximum absolute atomic E-state index is 12.9. The first-order valence-electron chi connectivity index (χ1n) is 9.89. The van der Waals surface area contributed by atoms with Crippen LogP contribution in [0.5, 0.6) is 0 Å². The standard InChI is InChI=1S/C22H31N5O2/c1-4-15(3)20(24)22(29)27-18(11-16-7-5-6-14(2)10-16)21(28)26-13-17-8-9-19(23)25-12-17/h5-10,12,15,18,20H,4,11,13,24H2,1-3H3,(H2,23,25)(H,26,28)(H,27,29)/t15?,18-,20+/m0/s1. The van der Waals surface area contributed by atoms with Crippen molar-refractivity contribution in [2.24, 2.45) is 11.7 Å². The number of rotatable bonds is 9. The second-order valence-corrected chi connectivity index (χ2v) is 7.47. The smallest absolute Gasteiger partial charge is 0.243 e. The molecule has 0 radical (unpaired) electrons. The number of carbonyl (C=O) groups is 2. The van der Waals surface area contributed by atoms with Gasteiger partial charge in [-0.3, -0.25) is 9.59 Å². The lowest BCUT2D eigenvalue weighted by Crippen LogP contribution is -2.53. The number of nitrogens with two attached hydrogens (primary N) is 2. The van der Waals surface area contributed by atoms with Crippen molar-refractivity contribution in [3.63, 3.8) is 0 Å². The van der Waals surface area contributed by atoms with Crippen LogP contribution in [0.1, 0.15) is 37.0 Å². The molecular weight excluding hydrogens is 366 g/mol. The van der Waals surface area contributed by atoms with Crippen molar-refractivity contribution in [1.82, 2.24) is 15.6 Å². The topological polar surface area (TPSA) is 123 Å². The molecule has 2 rings (SSSR count). The summed E-state index contributed by atoms with van der Waals surface area (Å²) in [6.45, 7) is 6.19. The van der Waals surface area contributed by atoms with Gasteiger partial charge in [0.15, 0.2) is 0 Å². The third kappa shape index (κ3) is 6.87. The highest BCUT2D eigenvalue weighted by atomic mass is 16.2. The van der Waals surface area contributed by atoms with E-state index in [4.69, 9.17) is 11.5 Å². The number of nitrogens with one attached hydrogen (secondary N) is 2. The Balaban J connectivity index is 2.10. The van der Waals surface area contributed by atoms with Crippen LogP contribution in [0.25, 0.3) is 0 Å². The molecule has 3 atom stereocenters. The lowest BCUT2D eigenvalue weighted by molar-refractivity contribution is -0.130. The summed E-state index contributed by atoms with van der Waals surface area (Å²) in [6.07, 6.45) is 2.78. The first kappa shape index (κ1) is 22.4. The molecule has 0 spiro atoms. The zero-order valence-electron chi connectivity index (χ0n) is 17.3. The highest BCUT2D eigenvalue weighted by Gasteiger charge is 2.26. The summed E-state index contributed by atoms with van der Waals surface area (Å²) in [5.74, 6) is -0.142. The third-order valence-corrected chi connectivity index (χ3v) is 5.03. The number of hydrogen-bond acceptors (Lipinski definition) is 5. The maximum atomic E-state index is 12.9. The normalized spacial score (nSPS) is 13.9. The number of aryl methyl sites for hydroxylation is 1. The Hall–Kier alpha value is -2.93. The van der Waals surface area contributed by atoms with E-state index in [0.717, 1.165) is 23.1 Å². The zero-order chi connectivity index (χ0) is 21.4. The van der Waals surface area contributed by atoms with Gasteiger partial charge in [-0.05, 0) is 30.0 Å². The monoisotopic (exact) mass is 397 g/mol. The van der Waals surface area contributed by atoms with Gasteiger partial charge in [-0.1, -0.05) is 56.2 Å². The van der Waals surface area contributed by atoms with Gasteiger partial charge >= 0.3 is 0 Å². The molecule has 156 valence electrons. The SMILES string of the molecule is CCC(C)[C@@H](N)C(=O)N[C@@H](Cc1cccc(C)c1)C(=O)NCc1ccc(N)nc1. The molecule has 1 heterocycles. The second kappa shape index (κ2) is 10.6. The lowest BCUT2D eigenvalue weighted by atomic mass is 9.98. The van der Waals surface area contributed by atoms with Gasteiger partial charge in [0.05, 0.1) is 6.04 Å². The molecule has 7 nitrogen and oxygen atoms in total. The van der Waals surface area contributed by atoms with E-state index in [1.807, 2.05) is 45.0 Å². The van der Waals surface area contributed by atoms with Crippen LogP contribution < -0.4 is 22.1 Å². The average Bonchev–Trinajstić information content (AvgIpc) is 2.71. The molecule has 29 heavy (non-hydrogen) atoms. The number of hydrogen-bond donors (Lipinski definition) is 4. The number of amides is 2. The Morgan fingerprint density at radius 3 is 2.52 bits per heavy atom. The molecule has 0 aliphatic rings. The largest absolute Gasteiger partial charge is 0.384 e. The van der Waals surface area contributed by atoms with E-state index in [2.05, 4.69) is 15.6 Å². The summed E-state index contributed by atoms with van der Waals surface area (Å²) < 4.78 is 0. The Bertz CT molecular complexity index is 822. The van der Waals surface area contributed by atoms with Gasteiger partial charge < -0.3 is 22.1 Å². The maximum Gasteiger partial charge on any atom is 0.243 e.